The maximum Gasteiger partial charge on any atom is 0.00721 e. The summed E-state index contributed by atoms with van der Waals surface area (Å²) in [6, 6.07) is 0.472. The van der Waals surface area contributed by atoms with E-state index in [1.165, 1.54) is 19.3 Å². The van der Waals surface area contributed by atoms with Gasteiger partial charge in [0.1, 0.15) is 0 Å². The van der Waals surface area contributed by atoms with E-state index in [2.05, 4.69) is 20.8 Å². The van der Waals surface area contributed by atoms with Crippen LogP contribution in [0.3, 0.4) is 0 Å². The van der Waals surface area contributed by atoms with Crippen LogP contribution in [0.2, 0.25) is 0 Å². The van der Waals surface area contributed by atoms with Crippen molar-refractivity contribution in [1.29, 1.82) is 0 Å². The molecule has 0 aromatic heterocycles. The molecule has 1 heteroatoms. The lowest BCUT2D eigenvalue weighted by atomic mass is 9.87. The summed E-state index contributed by atoms with van der Waals surface area (Å²) in [7, 11) is 0. The van der Waals surface area contributed by atoms with E-state index in [1.807, 2.05) is 0 Å². The van der Waals surface area contributed by atoms with Gasteiger partial charge in [0.2, 0.25) is 0 Å². The van der Waals surface area contributed by atoms with Crippen molar-refractivity contribution in [3.05, 3.63) is 0 Å². The van der Waals surface area contributed by atoms with Gasteiger partial charge in [0.05, 0.1) is 0 Å². The predicted octanol–water partition coefficient (Wildman–Crippen LogP) is 2.16. The molecule has 60 valence electrons. The van der Waals surface area contributed by atoms with Crippen molar-refractivity contribution < 1.29 is 0 Å². The van der Waals surface area contributed by atoms with E-state index in [1.54, 1.807) is 0 Å². The summed E-state index contributed by atoms with van der Waals surface area (Å²) >= 11 is 0. The second-order valence-corrected chi connectivity index (χ2v) is 4.77. The minimum atomic E-state index is 0.419. The Kier molecular flexibility index (Phi) is 2.04. The first-order valence-electron chi connectivity index (χ1n) is 4.24. The monoisotopic (exact) mass is 141 g/mol. The lowest BCUT2D eigenvalue weighted by Gasteiger charge is -2.22. The third-order valence-corrected chi connectivity index (χ3v) is 2.08. The molecule has 0 aliphatic heterocycles. The molecule has 0 spiro atoms. The Balaban J connectivity index is 2.23. The van der Waals surface area contributed by atoms with Crippen LogP contribution in [0.4, 0.5) is 0 Å². The zero-order valence-corrected chi connectivity index (χ0v) is 7.35. The minimum absolute atomic E-state index is 0.419. The number of nitrogens with two attached hydrogens (primary N) is 1. The number of hydrogen-bond donors (Lipinski definition) is 1. The molecule has 0 saturated heterocycles. The van der Waals surface area contributed by atoms with Crippen molar-refractivity contribution in [2.24, 2.45) is 17.1 Å². The molecule has 1 aliphatic rings. The van der Waals surface area contributed by atoms with Gasteiger partial charge in [-0.1, -0.05) is 20.8 Å². The molecule has 1 unspecified atom stereocenters. The average molecular weight is 141 g/mol. The zero-order chi connectivity index (χ0) is 7.78. The van der Waals surface area contributed by atoms with Crippen molar-refractivity contribution >= 4 is 0 Å². The highest BCUT2D eigenvalue weighted by Crippen LogP contribution is 2.36. The van der Waals surface area contributed by atoms with Crippen LogP contribution in [-0.4, -0.2) is 6.04 Å². The third kappa shape index (κ3) is 2.70. The van der Waals surface area contributed by atoms with Crippen LogP contribution in [0.15, 0.2) is 0 Å². The van der Waals surface area contributed by atoms with Gasteiger partial charge in [-0.15, -0.1) is 0 Å². The molecular formula is C9H19N. The van der Waals surface area contributed by atoms with Gasteiger partial charge in [0, 0.05) is 6.04 Å². The maximum atomic E-state index is 5.97. The minimum Gasteiger partial charge on any atom is -0.327 e. The van der Waals surface area contributed by atoms with Crippen LogP contribution in [0, 0.1) is 11.3 Å². The van der Waals surface area contributed by atoms with Gasteiger partial charge in [-0.2, -0.15) is 0 Å². The molecule has 1 saturated carbocycles. The van der Waals surface area contributed by atoms with E-state index in [0.29, 0.717) is 11.5 Å². The topological polar surface area (TPSA) is 26.0 Å². The molecule has 0 aromatic rings. The Morgan fingerprint density at radius 1 is 1.40 bits per heavy atom. The molecule has 2 N–H and O–H groups in total. The first kappa shape index (κ1) is 8.06. The van der Waals surface area contributed by atoms with Gasteiger partial charge in [-0.25, -0.2) is 0 Å². The molecule has 0 radical (unpaired) electrons. The highest BCUT2D eigenvalue weighted by molar-refractivity contribution is 4.86. The quantitative estimate of drug-likeness (QED) is 0.626. The molecule has 0 heterocycles. The van der Waals surface area contributed by atoms with Crippen LogP contribution in [-0.2, 0) is 0 Å². The van der Waals surface area contributed by atoms with Gasteiger partial charge >= 0.3 is 0 Å². The SMILES string of the molecule is CC(C)(C)CC(N)C1CC1. The molecular weight excluding hydrogens is 122 g/mol. The maximum absolute atomic E-state index is 5.97. The van der Waals surface area contributed by atoms with E-state index >= 15 is 0 Å². The Morgan fingerprint density at radius 2 is 1.90 bits per heavy atom. The van der Waals surface area contributed by atoms with Gasteiger partial charge in [-0.3, -0.25) is 0 Å². The van der Waals surface area contributed by atoms with E-state index in [4.69, 9.17) is 5.73 Å². The van der Waals surface area contributed by atoms with Crippen LogP contribution >= 0.6 is 0 Å². The lowest BCUT2D eigenvalue weighted by molar-refractivity contribution is 0.324. The molecule has 1 nitrogen and oxygen atoms in total. The van der Waals surface area contributed by atoms with E-state index < -0.39 is 0 Å². The fraction of sp³-hybridized carbons (Fsp3) is 1.00. The first-order valence-corrected chi connectivity index (χ1v) is 4.24. The van der Waals surface area contributed by atoms with Crippen LogP contribution < -0.4 is 5.73 Å². The summed E-state index contributed by atoms with van der Waals surface area (Å²) in [4.78, 5) is 0. The highest BCUT2D eigenvalue weighted by atomic mass is 14.7. The standard InChI is InChI=1S/C9H19N/c1-9(2,3)6-8(10)7-4-5-7/h7-8H,4-6,10H2,1-3H3. The fourth-order valence-corrected chi connectivity index (χ4v) is 1.40. The number of rotatable bonds is 2. The summed E-state index contributed by atoms with van der Waals surface area (Å²) in [5, 5.41) is 0. The van der Waals surface area contributed by atoms with Crippen molar-refractivity contribution in [3.8, 4) is 0 Å². The predicted molar refractivity (Wildman–Crippen MR) is 44.8 cm³/mol. The Hall–Kier alpha value is -0.0400. The van der Waals surface area contributed by atoms with E-state index in [0.717, 1.165) is 5.92 Å². The van der Waals surface area contributed by atoms with Gasteiger partial charge in [0.15, 0.2) is 0 Å². The smallest absolute Gasteiger partial charge is 0.00721 e. The average Bonchev–Trinajstić information content (AvgIpc) is 2.35. The summed E-state index contributed by atoms with van der Waals surface area (Å²) in [5.74, 6) is 0.860. The summed E-state index contributed by atoms with van der Waals surface area (Å²) in [6.07, 6.45) is 3.92. The molecule has 1 fully saturated rings. The molecule has 1 rings (SSSR count). The summed E-state index contributed by atoms with van der Waals surface area (Å²) in [6.45, 7) is 6.78. The van der Waals surface area contributed by atoms with Gasteiger partial charge < -0.3 is 5.73 Å². The fourth-order valence-electron chi connectivity index (χ4n) is 1.40. The molecule has 10 heavy (non-hydrogen) atoms. The zero-order valence-electron chi connectivity index (χ0n) is 7.35. The number of hydrogen-bond acceptors (Lipinski definition) is 1. The summed E-state index contributed by atoms with van der Waals surface area (Å²) < 4.78 is 0. The van der Waals surface area contributed by atoms with Crippen molar-refractivity contribution in [1.82, 2.24) is 0 Å². The van der Waals surface area contributed by atoms with E-state index in [9.17, 15) is 0 Å². The van der Waals surface area contributed by atoms with Crippen molar-refractivity contribution in [3.63, 3.8) is 0 Å². The largest absolute Gasteiger partial charge is 0.327 e. The molecule has 0 bridgehead atoms. The third-order valence-electron chi connectivity index (χ3n) is 2.08. The Bertz CT molecular complexity index is 108. The van der Waals surface area contributed by atoms with E-state index in [-0.39, 0.29) is 0 Å². The molecule has 1 aliphatic carbocycles. The molecule has 0 amide bonds. The Morgan fingerprint density at radius 3 is 2.20 bits per heavy atom. The summed E-state index contributed by atoms with van der Waals surface area (Å²) in [5.41, 5.74) is 6.38. The van der Waals surface area contributed by atoms with Crippen molar-refractivity contribution in [2.75, 3.05) is 0 Å². The molecule has 0 aromatic carbocycles. The van der Waals surface area contributed by atoms with Crippen molar-refractivity contribution in [2.45, 2.75) is 46.1 Å². The van der Waals surface area contributed by atoms with Crippen LogP contribution in [0.25, 0.3) is 0 Å². The van der Waals surface area contributed by atoms with Gasteiger partial charge in [0.25, 0.3) is 0 Å². The van der Waals surface area contributed by atoms with Crippen LogP contribution in [0.1, 0.15) is 40.0 Å². The second-order valence-electron chi connectivity index (χ2n) is 4.77. The normalized spacial score (nSPS) is 22.8. The Labute approximate surface area is 64.0 Å². The van der Waals surface area contributed by atoms with Gasteiger partial charge in [-0.05, 0) is 30.6 Å². The molecule has 1 atom stereocenters. The first-order chi connectivity index (χ1) is 4.49. The second kappa shape index (κ2) is 2.54. The highest BCUT2D eigenvalue weighted by Gasteiger charge is 2.30. The lowest BCUT2D eigenvalue weighted by Crippen LogP contribution is -2.28. The van der Waals surface area contributed by atoms with Crippen LogP contribution in [0.5, 0.6) is 0 Å².